The second-order valence-corrected chi connectivity index (χ2v) is 4.25. The second kappa shape index (κ2) is 6.83. The maximum absolute atomic E-state index is 11.6. The van der Waals surface area contributed by atoms with Gasteiger partial charge in [-0.05, 0) is 39.7 Å². The summed E-state index contributed by atoms with van der Waals surface area (Å²) in [7, 11) is 0. The number of carbonyl (C=O) groups is 1. The number of nitrogens with one attached hydrogen (secondary N) is 1. The van der Waals surface area contributed by atoms with E-state index in [9.17, 15) is 4.79 Å². The predicted octanol–water partition coefficient (Wildman–Crippen LogP) is 1.78. The van der Waals surface area contributed by atoms with Gasteiger partial charge in [-0.1, -0.05) is 6.42 Å². The molecule has 3 heteroatoms. The zero-order chi connectivity index (χ0) is 11.1. The Bertz CT molecular complexity index is 186. The zero-order valence-electron chi connectivity index (χ0n) is 10.1. The van der Waals surface area contributed by atoms with E-state index in [1.165, 1.54) is 19.3 Å². The molecule has 1 fully saturated rings. The van der Waals surface area contributed by atoms with Crippen LogP contribution >= 0.6 is 0 Å². The van der Waals surface area contributed by atoms with E-state index in [1.54, 1.807) is 0 Å². The Morgan fingerprint density at radius 2 is 2.00 bits per heavy atom. The van der Waals surface area contributed by atoms with Crippen LogP contribution in [0.2, 0.25) is 0 Å². The molecule has 0 saturated heterocycles. The summed E-state index contributed by atoms with van der Waals surface area (Å²) >= 11 is 0. The number of amides is 1. The van der Waals surface area contributed by atoms with Crippen molar-refractivity contribution in [3.8, 4) is 0 Å². The van der Waals surface area contributed by atoms with Crippen molar-refractivity contribution in [2.45, 2.75) is 52.0 Å². The summed E-state index contributed by atoms with van der Waals surface area (Å²) in [6.07, 6.45) is 5.69. The normalized spacial score (nSPS) is 16.1. The number of nitrogens with zero attached hydrogens (tertiary/aromatic N) is 1. The SMILES string of the molecule is CCN(CC)C(=O)CCCNC1CCC1. The highest BCUT2D eigenvalue weighted by atomic mass is 16.2. The third-order valence-corrected chi connectivity index (χ3v) is 3.22. The number of carbonyl (C=O) groups excluding carboxylic acids is 1. The lowest BCUT2D eigenvalue weighted by molar-refractivity contribution is -0.130. The Kier molecular flexibility index (Phi) is 5.69. The smallest absolute Gasteiger partial charge is 0.222 e. The van der Waals surface area contributed by atoms with Crippen LogP contribution in [0, 0.1) is 0 Å². The minimum absolute atomic E-state index is 0.301. The fourth-order valence-corrected chi connectivity index (χ4v) is 1.89. The highest BCUT2D eigenvalue weighted by Gasteiger charge is 2.16. The highest BCUT2D eigenvalue weighted by Crippen LogP contribution is 2.17. The molecule has 0 aliphatic heterocycles. The summed E-state index contributed by atoms with van der Waals surface area (Å²) in [4.78, 5) is 13.5. The van der Waals surface area contributed by atoms with E-state index >= 15 is 0 Å². The van der Waals surface area contributed by atoms with E-state index in [-0.39, 0.29) is 0 Å². The molecule has 0 bridgehead atoms. The minimum Gasteiger partial charge on any atom is -0.343 e. The van der Waals surface area contributed by atoms with Crippen LogP contribution in [0.25, 0.3) is 0 Å². The van der Waals surface area contributed by atoms with Crippen LogP contribution in [0.15, 0.2) is 0 Å². The van der Waals surface area contributed by atoms with Gasteiger partial charge in [0.2, 0.25) is 5.91 Å². The molecule has 1 N–H and O–H groups in total. The van der Waals surface area contributed by atoms with E-state index in [4.69, 9.17) is 0 Å². The van der Waals surface area contributed by atoms with E-state index in [1.807, 2.05) is 18.7 Å². The van der Waals surface area contributed by atoms with Gasteiger partial charge in [0.25, 0.3) is 0 Å². The first-order valence-corrected chi connectivity index (χ1v) is 6.29. The molecule has 1 amide bonds. The van der Waals surface area contributed by atoms with Crippen LogP contribution < -0.4 is 5.32 Å². The third-order valence-electron chi connectivity index (χ3n) is 3.22. The lowest BCUT2D eigenvalue weighted by atomic mass is 9.93. The summed E-state index contributed by atoms with van der Waals surface area (Å²) in [5.74, 6) is 0.301. The third kappa shape index (κ3) is 4.20. The van der Waals surface area contributed by atoms with Crippen molar-refractivity contribution in [1.29, 1.82) is 0 Å². The molecule has 3 nitrogen and oxygen atoms in total. The van der Waals surface area contributed by atoms with Gasteiger partial charge in [0, 0.05) is 25.6 Å². The molecule has 1 saturated carbocycles. The van der Waals surface area contributed by atoms with Gasteiger partial charge in [0.15, 0.2) is 0 Å². The molecule has 0 aromatic rings. The van der Waals surface area contributed by atoms with Crippen molar-refractivity contribution in [3.05, 3.63) is 0 Å². The zero-order valence-corrected chi connectivity index (χ0v) is 10.1. The summed E-state index contributed by atoms with van der Waals surface area (Å²) < 4.78 is 0. The quantitative estimate of drug-likeness (QED) is 0.652. The number of hydrogen-bond acceptors (Lipinski definition) is 2. The van der Waals surface area contributed by atoms with Crippen molar-refractivity contribution in [3.63, 3.8) is 0 Å². The molecule has 15 heavy (non-hydrogen) atoms. The number of hydrogen-bond donors (Lipinski definition) is 1. The highest BCUT2D eigenvalue weighted by molar-refractivity contribution is 5.76. The van der Waals surface area contributed by atoms with Gasteiger partial charge in [-0.2, -0.15) is 0 Å². The van der Waals surface area contributed by atoms with Crippen molar-refractivity contribution in [2.24, 2.45) is 0 Å². The van der Waals surface area contributed by atoms with Gasteiger partial charge in [-0.25, -0.2) is 0 Å². The van der Waals surface area contributed by atoms with Crippen molar-refractivity contribution < 1.29 is 4.79 Å². The molecule has 0 radical (unpaired) electrons. The fraction of sp³-hybridized carbons (Fsp3) is 0.917. The Labute approximate surface area is 93.2 Å². The lowest BCUT2D eigenvalue weighted by Crippen LogP contribution is -2.36. The molecule has 0 aromatic heterocycles. The van der Waals surface area contributed by atoms with Crippen LogP contribution in [0.3, 0.4) is 0 Å². The molecule has 1 aliphatic rings. The van der Waals surface area contributed by atoms with Crippen LogP contribution in [-0.2, 0) is 4.79 Å². The molecule has 0 spiro atoms. The van der Waals surface area contributed by atoms with Crippen molar-refractivity contribution in [1.82, 2.24) is 10.2 Å². The Morgan fingerprint density at radius 1 is 1.33 bits per heavy atom. The van der Waals surface area contributed by atoms with Crippen LogP contribution in [0.5, 0.6) is 0 Å². The van der Waals surface area contributed by atoms with E-state index in [2.05, 4.69) is 5.32 Å². The van der Waals surface area contributed by atoms with Gasteiger partial charge < -0.3 is 10.2 Å². The first-order chi connectivity index (χ1) is 7.27. The Hall–Kier alpha value is -0.570. The van der Waals surface area contributed by atoms with Crippen molar-refractivity contribution in [2.75, 3.05) is 19.6 Å². The summed E-state index contributed by atoms with van der Waals surface area (Å²) in [6, 6.07) is 0.744. The molecule has 1 aliphatic carbocycles. The first-order valence-electron chi connectivity index (χ1n) is 6.29. The van der Waals surface area contributed by atoms with E-state index in [0.717, 1.165) is 32.1 Å². The minimum atomic E-state index is 0.301. The number of rotatable bonds is 7. The van der Waals surface area contributed by atoms with E-state index < -0.39 is 0 Å². The van der Waals surface area contributed by atoms with Gasteiger partial charge in [-0.3, -0.25) is 4.79 Å². The van der Waals surface area contributed by atoms with Crippen molar-refractivity contribution >= 4 is 5.91 Å². The summed E-state index contributed by atoms with van der Waals surface area (Å²) in [5.41, 5.74) is 0. The van der Waals surface area contributed by atoms with Gasteiger partial charge in [0.1, 0.15) is 0 Å². The van der Waals surface area contributed by atoms with Crippen LogP contribution in [0.4, 0.5) is 0 Å². The molecule has 0 heterocycles. The van der Waals surface area contributed by atoms with Crippen LogP contribution in [0.1, 0.15) is 46.0 Å². The maximum Gasteiger partial charge on any atom is 0.222 e. The average molecular weight is 212 g/mol. The Morgan fingerprint density at radius 3 is 2.47 bits per heavy atom. The molecule has 0 unspecified atom stereocenters. The molecule has 1 rings (SSSR count). The Balaban J connectivity index is 2.00. The molecule has 0 aromatic carbocycles. The second-order valence-electron chi connectivity index (χ2n) is 4.25. The topological polar surface area (TPSA) is 32.3 Å². The largest absolute Gasteiger partial charge is 0.343 e. The predicted molar refractivity (Wildman–Crippen MR) is 62.8 cm³/mol. The van der Waals surface area contributed by atoms with Gasteiger partial charge in [0.05, 0.1) is 0 Å². The average Bonchev–Trinajstić information content (AvgIpc) is 2.16. The molecular formula is C12H24N2O. The molecule has 0 atom stereocenters. The van der Waals surface area contributed by atoms with Crippen LogP contribution in [-0.4, -0.2) is 36.5 Å². The molecule has 88 valence electrons. The van der Waals surface area contributed by atoms with E-state index in [0.29, 0.717) is 12.3 Å². The first kappa shape index (κ1) is 12.5. The summed E-state index contributed by atoms with van der Waals surface area (Å²) in [6.45, 7) is 6.75. The lowest BCUT2D eigenvalue weighted by Gasteiger charge is -2.26. The molecular weight excluding hydrogens is 188 g/mol. The fourth-order valence-electron chi connectivity index (χ4n) is 1.89. The maximum atomic E-state index is 11.6. The summed E-state index contributed by atoms with van der Waals surface area (Å²) in [5, 5.41) is 3.48. The van der Waals surface area contributed by atoms with Gasteiger partial charge >= 0.3 is 0 Å². The standard InChI is InChI=1S/C12H24N2O/c1-3-14(4-2)12(15)9-6-10-13-11-7-5-8-11/h11,13H,3-10H2,1-2H3. The monoisotopic (exact) mass is 212 g/mol. The van der Waals surface area contributed by atoms with Gasteiger partial charge in [-0.15, -0.1) is 0 Å².